The molecule has 0 radical (unpaired) electrons. The number of amides is 1. The molecule has 2 N–H and O–H groups in total. The number of carbonyl (C=O) groups is 2. The Morgan fingerprint density at radius 1 is 1.23 bits per heavy atom. The van der Waals surface area contributed by atoms with Crippen LogP contribution in [0.25, 0.3) is 5.65 Å². The number of nitrogens with one attached hydrogen (secondary N) is 2. The van der Waals surface area contributed by atoms with E-state index < -0.39 is 5.97 Å². The summed E-state index contributed by atoms with van der Waals surface area (Å²) in [5.74, 6) is -0.790. The molecule has 9 heteroatoms. The van der Waals surface area contributed by atoms with Crippen molar-refractivity contribution in [3.05, 3.63) is 71.2 Å². The zero-order valence-electron chi connectivity index (χ0n) is 17.0. The Balaban J connectivity index is 1.48. The smallest absolute Gasteiger partial charge is 0.340 e. The molecule has 0 fully saturated rings. The Bertz CT molecular complexity index is 1200. The van der Waals surface area contributed by atoms with Crippen molar-refractivity contribution in [2.24, 2.45) is 0 Å². The number of pyridine rings is 1. The van der Waals surface area contributed by atoms with Gasteiger partial charge in [0.1, 0.15) is 11.3 Å². The fraction of sp³-hybridized carbons (Fsp3) is 0.238. The van der Waals surface area contributed by atoms with Crippen LogP contribution >= 0.6 is 0 Å². The van der Waals surface area contributed by atoms with Crippen LogP contribution < -0.4 is 5.32 Å². The maximum absolute atomic E-state index is 12.7. The molecule has 4 rings (SSSR count). The summed E-state index contributed by atoms with van der Waals surface area (Å²) in [5.41, 5.74) is 4.14. The SMILES string of the molecule is CCOC(=O)c1c(C)[nH]c(C(=O)Nc2cnn(Cc3cn4ccccc4n3)c2)c1C. The largest absolute Gasteiger partial charge is 0.462 e. The lowest BCUT2D eigenvalue weighted by atomic mass is 10.1. The van der Waals surface area contributed by atoms with Crippen LogP contribution in [0.3, 0.4) is 0 Å². The highest BCUT2D eigenvalue weighted by Crippen LogP contribution is 2.20. The van der Waals surface area contributed by atoms with Gasteiger partial charge >= 0.3 is 5.97 Å². The third-order valence-electron chi connectivity index (χ3n) is 4.77. The Morgan fingerprint density at radius 2 is 2.07 bits per heavy atom. The third kappa shape index (κ3) is 3.69. The van der Waals surface area contributed by atoms with Crippen molar-refractivity contribution in [3.63, 3.8) is 0 Å². The van der Waals surface area contributed by atoms with Crippen LogP contribution in [0.15, 0.2) is 43.0 Å². The monoisotopic (exact) mass is 406 g/mol. The van der Waals surface area contributed by atoms with Crippen LogP contribution in [0.2, 0.25) is 0 Å². The summed E-state index contributed by atoms with van der Waals surface area (Å²) in [6.07, 6.45) is 7.19. The first-order valence-electron chi connectivity index (χ1n) is 9.59. The number of hydrogen-bond acceptors (Lipinski definition) is 5. The summed E-state index contributed by atoms with van der Waals surface area (Å²) in [5, 5.41) is 7.11. The molecule has 0 unspecified atom stereocenters. The van der Waals surface area contributed by atoms with Gasteiger partial charge in [-0.15, -0.1) is 0 Å². The van der Waals surface area contributed by atoms with Crippen LogP contribution in [0.5, 0.6) is 0 Å². The summed E-state index contributed by atoms with van der Waals surface area (Å²) in [7, 11) is 0. The number of hydrogen-bond donors (Lipinski definition) is 2. The Hall–Kier alpha value is -3.88. The second-order valence-electron chi connectivity index (χ2n) is 6.92. The number of fused-ring (bicyclic) bond motifs is 1. The fourth-order valence-electron chi connectivity index (χ4n) is 3.42. The number of esters is 1. The standard InChI is InChI=1S/C21H22N6O3/c1-4-30-21(29)18-13(2)19(23-14(18)3)20(28)25-15-9-22-27(11-15)12-16-10-26-8-6-5-7-17(26)24-16/h5-11,23H,4,12H2,1-3H3,(H,25,28). The maximum atomic E-state index is 12.7. The first-order valence-corrected chi connectivity index (χ1v) is 9.59. The lowest BCUT2D eigenvalue weighted by Gasteiger charge is -2.03. The summed E-state index contributed by atoms with van der Waals surface area (Å²) in [6.45, 7) is 5.95. The van der Waals surface area contributed by atoms with Gasteiger partial charge in [-0.1, -0.05) is 6.07 Å². The van der Waals surface area contributed by atoms with E-state index >= 15 is 0 Å². The van der Waals surface area contributed by atoms with E-state index in [0.29, 0.717) is 34.7 Å². The van der Waals surface area contributed by atoms with E-state index in [0.717, 1.165) is 11.3 Å². The number of aromatic amines is 1. The highest BCUT2D eigenvalue weighted by atomic mass is 16.5. The summed E-state index contributed by atoms with van der Waals surface area (Å²) in [4.78, 5) is 32.4. The van der Waals surface area contributed by atoms with Gasteiger partial charge in [-0.05, 0) is 38.5 Å². The number of aromatic nitrogens is 5. The molecule has 4 aromatic rings. The molecular formula is C21H22N6O3. The third-order valence-corrected chi connectivity index (χ3v) is 4.77. The maximum Gasteiger partial charge on any atom is 0.340 e. The molecule has 4 heterocycles. The van der Waals surface area contributed by atoms with Crippen molar-refractivity contribution < 1.29 is 14.3 Å². The fourth-order valence-corrected chi connectivity index (χ4v) is 3.42. The average Bonchev–Trinajstić information content (AvgIpc) is 3.39. The molecule has 0 aromatic carbocycles. The molecule has 0 aliphatic heterocycles. The summed E-state index contributed by atoms with van der Waals surface area (Å²) >= 11 is 0. The van der Waals surface area contributed by atoms with Crippen LogP contribution in [-0.4, -0.2) is 42.6 Å². The molecule has 0 aliphatic carbocycles. The molecule has 154 valence electrons. The molecular weight excluding hydrogens is 384 g/mol. The van der Waals surface area contributed by atoms with E-state index in [4.69, 9.17) is 4.74 Å². The van der Waals surface area contributed by atoms with E-state index in [2.05, 4.69) is 20.4 Å². The number of nitrogens with zero attached hydrogens (tertiary/aromatic N) is 4. The number of H-pyrrole nitrogens is 1. The first kappa shape index (κ1) is 19.4. The normalized spacial score (nSPS) is 11.0. The number of aryl methyl sites for hydroxylation is 1. The summed E-state index contributed by atoms with van der Waals surface area (Å²) in [6, 6.07) is 5.81. The van der Waals surface area contributed by atoms with Crippen molar-refractivity contribution in [3.8, 4) is 0 Å². The second kappa shape index (κ2) is 7.86. The van der Waals surface area contributed by atoms with Crippen LogP contribution in [0.1, 0.15) is 44.7 Å². The van der Waals surface area contributed by atoms with Gasteiger partial charge in [0, 0.05) is 24.3 Å². The van der Waals surface area contributed by atoms with Crippen molar-refractivity contribution >= 4 is 23.2 Å². The van der Waals surface area contributed by atoms with Gasteiger partial charge < -0.3 is 19.4 Å². The minimum absolute atomic E-state index is 0.274. The average molecular weight is 406 g/mol. The Morgan fingerprint density at radius 3 is 2.83 bits per heavy atom. The second-order valence-corrected chi connectivity index (χ2v) is 6.92. The Kier molecular flexibility index (Phi) is 5.09. The zero-order chi connectivity index (χ0) is 21.3. The lowest BCUT2D eigenvalue weighted by molar-refractivity contribution is 0.0525. The van der Waals surface area contributed by atoms with Crippen molar-refractivity contribution in [2.45, 2.75) is 27.3 Å². The molecule has 0 saturated heterocycles. The summed E-state index contributed by atoms with van der Waals surface area (Å²) < 4.78 is 8.72. The number of carbonyl (C=O) groups excluding carboxylic acids is 2. The molecule has 4 aromatic heterocycles. The van der Waals surface area contributed by atoms with E-state index in [9.17, 15) is 9.59 Å². The number of imidazole rings is 1. The molecule has 1 amide bonds. The van der Waals surface area contributed by atoms with E-state index in [1.807, 2.05) is 35.0 Å². The van der Waals surface area contributed by atoms with Crippen molar-refractivity contribution in [2.75, 3.05) is 11.9 Å². The van der Waals surface area contributed by atoms with Gasteiger partial charge in [-0.2, -0.15) is 5.10 Å². The highest BCUT2D eigenvalue weighted by Gasteiger charge is 2.23. The zero-order valence-corrected chi connectivity index (χ0v) is 17.0. The number of ether oxygens (including phenoxy) is 1. The Labute approximate surface area is 172 Å². The van der Waals surface area contributed by atoms with Crippen LogP contribution in [0.4, 0.5) is 5.69 Å². The van der Waals surface area contributed by atoms with Gasteiger partial charge in [0.25, 0.3) is 5.91 Å². The number of anilines is 1. The molecule has 0 atom stereocenters. The van der Waals surface area contributed by atoms with Gasteiger partial charge in [0.2, 0.25) is 0 Å². The van der Waals surface area contributed by atoms with Gasteiger partial charge in [0.05, 0.1) is 36.3 Å². The molecule has 0 bridgehead atoms. The van der Waals surface area contributed by atoms with E-state index in [-0.39, 0.29) is 12.5 Å². The van der Waals surface area contributed by atoms with E-state index in [1.165, 1.54) is 0 Å². The number of rotatable bonds is 6. The van der Waals surface area contributed by atoms with Gasteiger partial charge in [-0.3, -0.25) is 9.48 Å². The van der Waals surface area contributed by atoms with Crippen molar-refractivity contribution in [1.29, 1.82) is 0 Å². The molecule has 0 aliphatic rings. The van der Waals surface area contributed by atoms with E-state index in [1.54, 1.807) is 37.8 Å². The quantitative estimate of drug-likeness (QED) is 0.479. The molecule has 0 spiro atoms. The highest BCUT2D eigenvalue weighted by molar-refractivity contribution is 6.06. The minimum Gasteiger partial charge on any atom is -0.462 e. The van der Waals surface area contributed by atoms with Crippen LogP contribution in [-0.2, 0) is 11.3 Å². The topological polar surface area (TPSA) is 106 Å². The first-order chi connectivity index (χ1) is 14.5. The predicted molar refractivity (Wildman–Crippen MR) is 111 cm³/mol. The molecule has 30 heavy (non-hydrogen) atoms. The lowest BCUT2D eigenvalue weighted by Crippen LogP contribution is -2.14. The van der Waals surface area contributed by atoms with Crippen LogP contribution in [0, 0.1) is 13.8 Å². The molecule has 9 nitrogen and oxygen atoms in total. The van der Waals surface area contributed by atoms with Gasteiger partial charge in [-0.25, -0.2) is 9.78 Å². The van der Waals surface area contributed by atoms with Gasteiger partial charge in [0.15, 0.2) is 0 Å². The van der Waals surface area contributed by atoms with Crippen molar-refractivity contribution in [1.82, 2.24) is 24.1 Å². The minimum atomic E-state index is -0.442. The predicted octanol–water partition coefficient (Wildman–Crippen LogP) is 2.95. The molecule has 0 saturated carbocycles.